The van der Waals surface area contributed by atoms with Crippen molar-refractivity contribution < 1.29 is 29.0 Å². The molecule has 4 rings (SSSR count). The molecule has 0 aliphatic heterocycles. The number of methoxy groups -OCH3 is 1. The number of rotatable bonds is 9. The fourth-order valence-corrected chi connectivity index (χ4v) is 3.98. The lowest BCUT2D eigenvalue weighted by atomic mass is 9.98. The van der Waals surface area contributed by atoms with E-state index in [0.29, 0.717) is 5.69 Å². The van der Waals surface area contributed by atoms with Gasteiger partial charge in [-0.1, -0.05) is 48.5 Å². The van der Waals surface area contributed by atoms with Crippen molar-refractivity contribution in [2.24, 2.45) is 0 Å². The maximum atomic E-state index is 12.4. The molecule has 1 aromatic heterocycles. The number of anilines is 1. The van der Waals surface area contributed by atoms with E-state index < -0.39 is 24.1 Å². The van der Waals surface area contributed by atoms with E-state index in [1.807, 2.05) is 36.4 Å². The summed E-state index contributed by atoms with van der Waals surface area (Å²) in [5.74, 6) is -1.64. The third-order valence-electron chi connectivity index (χ3n) is 5.55. The standard InChI is InChI=1S/C24H24N4O6/c1-33-21(23(31)27-15-10-26-28(12-15)13-22(29)30)11-25-24(32)34-14-20-18-8-4-2-6-16(18)17-7-3-5-9-19(17)20/h2-10,12,20-21H,11,13-14H2,1H3,(H,25,32)(H,27,31)(H,29,30). The molecular formula is C24H24N4O6. The van der Waals surface area contributed by atoms with E-state index in [9.17, 15) is 14.4 Å². The second-order valence-corrected chi connectivity index (χ2v) is 7.74. The Kier molecular flexibility index (Phi) is 6.88. The number of carboxylic acids is 1. The molecular weight excluding hydrogens is 440 g/mol. The van der Waals surface area contributed by atoms with Crippen LogP contribution in [0.2, 0.25) is 0 Å². The van der Waals surface area contributed by atoms with Gasteiger partial charge in [-0.3, -0.25) is 14.3 Å². The Morgan fingerprint density at radius 2 is 1.74 bits per heavy atom. The highest BCUT2D eigenvalue weighted by Gasteiger charge is 2.29. The fraction of sp³-hybridized carbons (Fsp3) is 0.250. The summed E-state index contributed by atoms with van der Waals surface area (Å²) >= 11 is 0. The second-order valence-electron chi connectivity index (χ2n) is 7.74. The van der Waals surface area contributed by atoms with Gasteiger partial charge in [-0.05, 0) is 22.3 Å². The monoisotopic (exact) mass is 464 g/mol. The number of carboxylic acid groups (broad SMARTS) is 1. The second kappa shape index (κ2) is 10.2. The zero-order valence-electron chi connectivity index (χ0n) is 18.4. The van der Waals surface area contributed by atoms with E-state index in [1.165, 1.54) is 24.2 Å². The average molecular weight is 464 g/mol. The number of alkyl carbamates (subject to hydrolysis) is 1. The lowest BCUT2D eigenvalue weighted by molar-refractivity contribution is -0.137. The van der Waals surface area contributed by atoms with Gasteiger partial charge in [0.25, 0.3) is 5.91 Å². The van der Waals surface area contributed by atoms with Crippen LogP contribution >= 0.6 is 0 Å². The molecule has 176 valence electrons. The van der Waals surface area contributed by atoms with Crippen LogP contribution in [0.3, 0.4) is 0 Å². The summed E-state index contributed by atoms with van der Waals surface area (Å²) < 4.78 is 11.8. The van der Waals surface area contributed by atoms with E-state index >= 15 is 0 Å². The van der Waals surface area contributed by atoms with E-state index in [1.54, 1.807) is 0 Å². The number of hydrogen-bond donors (Lipinski definition) is 3. The molecule has 10 heteroatoms. The fourth-order valence-electron chi connectivity index (χ4n) is 3.98. The van der Waals surface area contributed by atoms with Crippen molar-refractivity contribution in [3.05, 3.63) is 72.1 Å². The molecule has 0 bridgehead atoms. The lowest BCUT2D eigenvalue weighted by Crippen LogP contribution is -2.41. The van der Waals surface area contributed by atoms with Gasteiger partial charge in [-0.25, -0.2) is 4.79 Å². The van der Waals surface area contributed by atoms with Gasteiger partial charge in [-0.15, -0.1) is 0 Å². The molecule has 10 nitrogen and oxygen atoms in total. The van der Waals surface area contributed by atoms with Gasteiger partial charge >= 0.3 is 12.1 Å². The SMILES string of the molecule is COC(CNC(=O)OCC1c2ccccc2-c2ccccc21)C(=O)Nc1cnn(CC(=O)O)c1. The number of aromatic nitrogens is 2. The molecule has 1 unspecified atom stereocenters. The van der Waals surface area contributed by atoms with Gasteiger partial charge < -0.3 is 25.2 Å². The highest BCUT2D eigenvalue weighted by Crippen LogP contribution is 2.44. The summed E-state index contributed by atoms with van der Waals surface area (Å²) in [6.45, 7) is -0.276. The Morgan fingerprint density at radius 1 is 1.09 bits per heavy atom. The molecule has 0 fully saturated rings. The molecule has 1 heterocycles. The molecule has 2 amide bonds. The van der Waals surface area contributed by atoms with Crippen molar-refractivity contribution in [1.29, 1.82) is 0 Å². The molecule has 1 atom stereocenters. The maximum Gasteiger partial charge on any atom is 0.407 e. The van der Waals surface area contributed by atoms with Crippen LogP contribution in [-0.4, -0.2) is 59.2 Å². The molecule has 2 aromatic carbocycles. The van der Waals surface area contributed by atoms with Crippen molar-refractivity contribution in [2.75, 3.05) is 25.6 Å². The highest BCUT2D eigenvalue weighted by atomic mass is 16.5. The molecule has 0 radical (unpaired) electrons. The van der Waals surface area contributed by atoms with Crippen molar-refractivity contribution in [1.82, 2.24) is 15.1 Å². The zero-order chi connectivity index (χ0) is 24.1. The van der Waals surface area contributed by atoms with Gasteiger partial charge in [0.15, 0.2) is 6.10 Å². The zero-order valence-corrected chi connectivity index (χ0v) is 18.4. The van der Waals surface area contributed by atoms with Crippen LogP contribution in [0.15, 0.2) is 60.9 Å². The smallest absolute Gasteiger partial charge is 0.407 e. The summed E-state index contributed by atoms with van der Waals surface area (Å²) in [5.41, 5.74) is 4.79. The Morgan fingerprint density at radius 3 is 2.35 bits per heavy atom. The summed E-state index contributed by atoms with van der Waals surface area (Å²) in [6, 6.07) is 16.1. The summed E-state index contributed by atoms with van der Waals surface area (Å²) in [4.78, 5) is 35.5. The van der Waals surface area contributed by atoms with Gasteiger partial charge in [0.05, 0.1) is 18.4 Å². The van der Waals surface area contributed by atoms with E-state index in [0.717, 1.165) is 22.3 Å². The Hall–Kier alpha value is -4.18. The first kappa shape index (κ1) is 23.0. The number of ether oxygens (including phenoxy) is 2. The summed E-state index contributed by atoms with van der Waals surface area (Å²) in [6.07, 6.45) is 1.07. The van der Waals surface area contributed by atoms with Crippen LogP contribution in [0.4, 0.5) is 10.5 Å². The molecule has 1 aliphatic rings. The van der Waals surface area contributed by atoms with Gasteiger partial charge in [-0.2, -0.15) is 5.10 Å². The highest BCUT2D eigenvalue weighted by molar-refractivity contribution is 5.94. The quantitative estimate of drug-likeness (QED) is 0.443. The average Bonchev–Trinajstić information content (AvgIpc) is 3.39. The number of carbonyl (C=O) groups is 3. The first-order valence-corrected chi connectivity index (χ1v) is 10.6. The van der Waals surface area contributed by atoms with Crippen molar-refractivity contribution in [2.45, 2.75) is 18.6 Å². The van der Waals surface area contributed by atoms with E-state index in [4.69, 9.17) is 14.6 Å². The topological polar surface area (TPSA) is 132 Å². The minimum atomic E-state index is -1.05. The number of benzene rings is 2. The Balaban J connectivity index is 1.30. The minimum absolute atomic E-state index is 0.0676. The van der Waals surface area contributed by atoms with Gasteiger partial charge in [0.2, 0.25) is 0 Å². The van der Waals surface area contributed by atoms with Crippen molar-refractivity contribution in [3.63, 3.8) is 0 Å². The number of nitrogens with one attached hydrogen (secondary N) is 2. The molecule has 34 heavy (non-hydrogen) atoms. The van der Waals surface area contributed by atoms with Gasteiger partial charge in [0, 0.05) is 19.2 Å². The van der Waals surface area contributed by atoms with Crippen molar-refractivity contribution >= 4 is 23.7 Å². The van der Waals surface area contributed by atoms with Crippen LogP contribution in [0.5, 0.6) is 0 Å². The third kappa shape index (κ3) is 5.07. The maximum absolute atomic E-state index is 12.4. The molecule has 0 saturated carbocycles. The van der Waals surface area contributed by atoms with E-state index in [2.05, 4.69) is 27.9 Å². The predicted octanol–water partition coefficient (Wildman–Crippen LogP) is 2.46. The number of aliphatic carboxylic acids is 1. The summed E-state index contributed by atoms with van der Waals surface area (Å²) in [7, 11) is 1.34. The first-order valence-electron chi connectivity index (χ1n) is 10.6. The van der Waals surface area contributed by atoms with Crippen molar-refractivity contribution in [3.8, 4) is 11.1 Å². The molecule has 3 aromatic rings. The molecule has 0 spiro atoms. The van der Waals surface area contributed by atoms with Gasteiger partial charge in [0.1, 0.15) is 13.2 Å². The molecule has 3 N–H and O–H groups in total. The number of amides is 2. The van der Waals surface area contributed by atoms with Crippen LogP contribution in [0.1, 0.15) is 17.0 Å². The minimum Gasteiger partial charge on any atom is -0.480 e. The van der Waals surface area contributed by atoms with Crippen LogP contribution < -0.4 is 10.6 Å². The van der Waals surface area contributed by atoms with E-state index in [-0.39, 0.29) is 25.6 Å². The normalized spacial score (nSPS) is 13.0. The Labute approximate surface area is 195 Å². The molecule has 1 aliphatic carbocycles. The number of carbonyl (C=O) groups excluding carboxylic acids is 2. The number of nitrogens with zero attached hydrogens (tertiary/aromatic N) is 2. The lowest BCUT2D eigenvalue weighted by Gasteiger charge is -2.17. The van der Waals surface area contributed by atoms with Crippen LogP contribution in [0.25, 0.3) is 11.1 Å². The number of fused-ring (bicyclic) bond motifs is 3. The first-order chi connectivity index (χ1) is 16.5. The van der Waals surface area contributed by atoms with Crippen LogP contribution in [-0.2, 0) is 25.6 Å². The largest absolute Gasteiger partial charge is 0.480 e. The number of hydrogen-bond acceptors (Lipinski definition) is 6. The summed E-state index contributed by atoms with van der Waals surface area (Å²) in [5, 5.41) is 17.8. The molecule has 0 saturated heterocycles. The van der Waals surface area contributed by atoms with Crippen LogP contribution in [0, 0.1) is 0 Å². The third-order valence-corrected chi connectivity index (χ3v) is 5.55. The Bertz CT molecular complexity index is 1160. The predicted molar refractivity (Wildman–Crippen MR) is 122 cm³/mol.